The number of fused-ring (bicyclic) bond motifs is 1. The topological polar surface area (TPSA) is 40.5 Å². The Kier molecular flexibility index (Phi) is 3.41. The maximum atomic E-state index is 9.93. The van der Waals surface area contributed by atoms with Gasteiger partial charge in [-0.25, -0.2) is 0 Å². The second-order valence-corrected chi connectivity index (χ2v) is 4.92. The average Bonchev–Trinajstić information content (AvgIpc) is 2.74. The van der Waals surface area contributed by atoms with E-state index >= 15 is 0 Å². The second kappa shape index (κ2) is 4.61. The summed E-state index contributed by atoms with van der Waals surface area (Å²) in [6, 6.07) is 7.77. The van der Waals surface area contributed by atoms with Crippen molar-refractivity contribution in [3.63, 3.8) is 0 Å². The lowest BCUT2D eigenvalue weighted by Crippen LogP contribution is -2.19. The van der Waals surface area contributed by atoms with Gasteiger partial charge in [0.05, 0.1) is 6.10 Å². The Labute approximate surface area is 100 Å². The van der Waals surface area contributed by atoms with Crippen molar-refractivity contribution >= 4 is 37.4 Å². The monoisotopic (exact) mass is 286 g/mol. The molecule has 0 aliphatic heterocycles. The van der Waals surface area contributed by atoms with E-state index in [1.165, 1.54) is 0 Å². The zero-order valence-corrected chi connectivity index (χ0v) is 10.3. The molecule has 1 aromatic heterocycles. The van der Waals surface area contributed by atoms with Crippen molar-refractivity contribution < 1.29 is 10.2 Å². The number of halogens is 1. The van der Waals surface area contributed by atoms with Gasteiger partial charge < -0.3 is 10.2 Å². The summed E-state index contributed by atoms with van der Waals surface area (Å²) in [6.45, 7) is 0. The van der Waals surface area contributed by atoms with E-state index in [0.717, 1.165) is 15.6 Å². The summed E-state index contributed by atoms with van der Waals surface area (Å²) in [5, 5.41) is 23.0. The number of benzene rings is 1. The van der Waals surface area contributed by atoms with E-state index in [9.17, 15) is 10.2 Å². The molecule has 0 saturated heterocycles. The van der Waals surface area contributed by atoms with Crippen LogP contribution in [0.15, 0.2) is 29.6 Å². The Morgan fingerprint density at radius 1 is 1.27 bits per heavy atom. The van der Waals surface area contributed by atoms with Gasteiger partial charge in [-0.15, -0.1) is 11.3 Å². The average molecular weight is 287 g/mol. The highest BCUT2D eigenvalue weighted by atomic mass is 79.9. The standard InChI is InChI=1S/C11H11BrO2S/c12-6-9(13)10(14)8-3-1-2-7-4-5-15-11(7)8/h1-5,9-10,13-14H,6H2. The van der Waals surface area contributed by atoms with Crippen molar-refractivity contribution in [2.24, 2.45) is 0 Å². The predicted octanol–water partition coefficient (Wildman–Crippen LogP) is 2.69. The Hall–Kier alpha value is -0.420. The van der Waals surface area contributed by atoms with Crippen molar-refractivity contribution in [3.8, 4) is 0 Å². The summed E-state index contributed by atoms with van der Waals surface area (Å²) in [6.07, 6.45) is -1.59. The quantitative estimate of drug-likeness (QED) is 0.852. The molecular formula is C11H11BrO2S. The molecular weight excluding hydrogens is 276 g/mol. The molecule has 2 aromatic rings. The molecule has 2 atom stereocenters. The summed E-state index contributed by atoms with van der Waals surface area (Å²) in [4.78, 5) is 0. The van der Waals surface area contributed by atoms with Crippen LogP contribution >= 0.6 is 27.3 Å². The van der Waals surface area contributed by atoms with Gasteiger partial charge in [-0.3, -0.25) is 0 Å². The van der Waals surface area contributed by atoms with E-state index in [1.54, 1.807) is 11.3 Å². The molecule has 2 rings (SSSR count). The lowest BCUT2D eigenvalue weighted by atomic mass is 10.0. The molecule has 0 radical (unpaired) electrons. The number of rotatable bonds is 3. The Balaban J connectivity index is 2.46. The van der Waals surface area contributed by atoms with Crippen LogP contribution in [0.4, 0.5) is 0 Å². The molecule has 2 N–H and O–H groups in total. The lowest BCUT2D eigenvalue weighted by molar-refractivity contribution is 0.0353. The Morgan fingerprint density at radius 2 is 2.07 bits per heavy atom. The molecule has 80 valence electrons. The first-order chi connectivity index (χ1) is 7.24. The molecule has 0 saturated carbocycles. The van der Waals surface area contributed by atoms with E-state index < -0.39 is 12.2 Å². The highest BCUT2D eigenvalue weighted by Crippen LogP contribution is 2.30. The normalized spacial score (nSPS) is 15.4. The van der Waals surface area contributed by atoms with Gasteiger partial charge in [-0.05, 0) is 16.8 Å². The Bertz CT molecular complexity index is 455. The van der Waals surface area contributed by atoms with E-state index in [2.05, 4.69) is 15.9 Å². The van der Waals surface area contributed by atoms with Crippen molar-refractivity contribution in [1.29, 1.82) is 0 Å². The van der Waals surface area contributed by atoms with Crippen molar-refractivity contribution in [2.45, 2.75) is 12.2 Å². The van der Waals surface area contributed by atoms with Crippen molar-refractivity contribution in [3.05, 3.63) is 35.2 Å². The SMILES string of the molecule is OC(CBr)C(O)c1cccc2ccsc12. The van der Waals surface area contributed by atoms with E-state index in [0.29, 0.717) is 5.33 Å². The van der Waals surface area contributed by atoms with Crippen LogP contribution in [-0.4, -0.2) is 21.6 Å². The molecule has 4 heteroatoms. The molecule has 0 aliphatic rings. The number of hydrogen-bond acceptors (Lipinski definition) is 3. The highest BCUT2D eigenvalue weighted by molar-refractivity contribution is 9.09. The van der Waals surface area contributed by atoms with E-state index in [1.807, 2.05) is 29.6 Å². The van der Waals surface area contributed by atoms with Crippen LogP contribution in [-0.2, 0) is 0 Å². The second-order valence-electron chi connectivity index (χ2n) is 3.35. The molecule has 15 heavy (non-hydrogen) atoms. The largest absolute Gasteiger partial charge is 0.389 e. The molecule has 0 bridgehead atoms. The lowest BCUT2D eigenvalue weighted by Gasteiger charge is -2.16. The fourth-order valence-corrected chi connectivity index (χ4v) is 2.84. The van der Waals surface area contributed by atoms with Crippen LogP contribution in [0.25, 0.3) is 10.1 Å². The first kappa shape index (κ1) is 11.1. The number of aliphatic hydroxyl groups excluding tert-OH is 2. The predicted molar refractivity (Wildman–Crippen MR) is 66.6 cm³/mol. The van der Waals surface area contributed by atoms with Crippen LogP contribution in [0.1, 0.15) is 11.7 Å². The van der Waals surface area contributed by atoms with Gasteiger partial charge in [0.1, 0.15) is 6.10 Å². The highest BCUT2D eigenvalue weighted by Gasteiger charge is 2.19. The van der Waals surface area contributed by atoms with Gasteiger partial charge in [0.15, 0.2) is 0 Å². The maximum absolute atomic E-state index is 9.93. The van der Waals surface area contributed by atoms with Gasteiger partial charge in [0.25, 0.3) is 0 Å². The summed E-state index contributed by atoms with van der Waals surface area (Å²) in [7, 11) is 0. The van der Waals surface area contributed by atoms with Gasteiger partial charge >= 0.3 is 0 Å². The summed E-state index contributed by atoms with van der Waals surface area (Å²) < 4.78 is 1.05. The van der Waals surface area contributed by atoms with Crippen LogP contribution in [0.2, 0.25) is 0 Å². The number of thiophene rings is 1. The third kappa shape index (κ3) is 2.08. The van der Waals surface area contributed by atoms with Crippen LogP contribution in [0, 0.1) is 0 Å². The first-order valence-electron chi connectivity index (χ1n) is 4.62. The van der Waals surface area contributed by atoms with Crippen LogP contribution in [0.3, 0.4) is 0 Å². The van der Waals surface area contributed by atoms with Crippen LogP contribution < -0.4 is 0 Å². The third-order valence-corrected chi connectivity index (χ3v) is 3.99. The van der Waals surface area contributed by atoms with Crippen molar-refractivity contribution in [1.82, 2.24) is 0 Å². The zero-order valence-electron chi connectivity index (χ0n) is 7.93. The van der Waals surface area contributed by atoms with Gasteiger partial charge in [0, 0.05) is 15.6 Å². The smallest absolute Gasteiger partial charge is 0.107 e. The number of alkyl halides is 1. The zero-order chi connectivity index (χ0) is 10.8. The fourth-order valence-electron chi connectivity index (χ4n) is 1.54. The summed E-state index contributed by atoms with van der Waals surface area (Å²) >= 11 is 4.74. The Morgan fingerprint density at radius 3 is 2.80 bits per heavy atom. The molecule has 2 unspecified atom stereocenters. The van der Waals surface area contributed by atoms with E-state index in [-0.39, 0.29) is 0 Å². The molecule has 1 heterocycles. The van der Waals surface area contributed by atoms with Crippen molar-refractivity contribution in [2.75, 3.05) is 5.33 Å². The third-order valence-electron chi connectivity index (χ3n) is 2.35. The molecule has 0 amide bonds. The minimum absolute atomic E-state index is 0.371. The number of hydrogen-bond donors (Lipinski definition) is 2. The summed E-state index contributed by atoms with van der Waals surface area (Å²) in [5.41, 5.74) is 0.800. The number of aliphatic hydroxyl groups is 2. The van der Waals surface area contributed by atoms with Gasteiger partial charge in [0.2, 0.25) is 0 Å². The maximum Gasteiger partial charge on any atom is 0.107 e. The van der Waals surface area contributed by atoms with Gasteiger partial charge in [-0.1, -0.05) is 34.1 Å². The molecule has 0 spiro atoms. The van der Waals surface area contributed by atoms with Gasteiger partial charge in [-0.2, -0.15) is 0 Å². The molecule has 2 nitrogen and oxygen atoms in total. The molecule has 0 aliphatic carbocycles. The summed E-state index contributed by atoms with van der Waals surface area (Å²) in [5.74, 6) is 0. The van der Waals surface area contributed by atoms with E-state index in [4.69, 9.17) is 0 Å². The van der Waals surface area contributed by atoms with Crippen LogP contribution in [0.5, 0.6) is 0 Å². The molecule has 0 fully saturated rings. The minimum Gasteiger partial charge on any atom is -0.389 e. The fraction of sp³-hybridized carbons (Fsp3) is 0.273. The first-order valence-corrected chi connectivity index (χ1v) is 6.62. The molecule has 1 aromatic carbocycles. The minimum atomic E-state index is -0.827.